The van der Waals surface area contributed by atoms with Crippen molar-refractivity contribution in [1.82, 2.24) is 10.3 Å². The molecule has 1 aromatic carbocycles. The Morgan fingerprint density at radius 3 is 2.58 bits per heavy atom. The lowest BCUT2D eigenvalue weighted by molar-refractivity contribution is 0.0935. The highest BCUT2D eigenvalue weighted by Gasteiger charge is 2.16. The van der Waals surface area contributed by atoms with Crippen LogP contribution >= 0.6 is 43.2 Å². The van der Waals surface area contributed by atoms with Gasteiger partial charge in [0.2, 0.25) is 0 Å². The summed E-state index contributed by atoms with van der Waals surface area (Å²) in [5, 5.41) is 5.86. The maximum absolute atomic E-state index is 12.2. The van der Waals surface area contributed by atoms with Crippen LogP contribution in [0.4, 0.5) is 0 Å². The quantitative estimate of drug-likeness (QED) is 0.813. The van der Waals surface area contributed by atoms with Crippen molar-refractivity contribution in [2.45, 2.75) is 19.4 Å². The van der Waals surface area contributed by atoms with E-state index in [4.69, 9.17) is 0 Å². The summed E-state index contributed by atoms with van der Waals surface area (Å²) in [6, 6.07) is 5.46. The van der Waals surface area contributed by atoms with Crippen molar-refractivity contribution in [3.63, 3.8) is 0 Å². The Morgan fingerprint density at radius 2 is 2.05 bits per heavy atom. The molecule has 0 fully saturated rings. The molecule has 2 rings (SSSR count). The lowest BCUT2D eigenvalue weighted by Gasteiger charge is -2.14. The average Bonchev–Trinajstić information content (AvgIpc) is 2.88. The van der Waals surface area contributed by atoms with Gasteiger partial charge in [-0.25, -0.2) is 4.98 Å². The molecule has 1 atom stereocenters. The van der Waals surface area contributed by atoms with Crippen LogP contribution < -0.4 is 5.32 Å². The predicted molar refractivity (Wildman–Crippen MR) is 84.5 cm³/mol. The number of nitrogens with one attached hydrogen (secondary N) is 1. The Balaban J connectivity index is 2.15. The lowest BCUT2D eigenvalue weighted by atomic mass is 10.2. The standard InChI is InChI=1S/C13H12Br2N2OS/c1-2-11(13-16-3-4-19-13)17-12(18)8-5-9(14)7-10(15)6-8/h3-7,11H,2H2,1H3,(H,17,18). The van der Waals surface area contributed by atoms with Gasteiger partial charge in [-0.05, 0) is 24.6 Å². The minimum absolute atomic E-state index is 0.0368. The second kappa shape index (κ2) is 6.63. The smallest absolute Gasteiger partial charge is 0.251 e. The zero-order valence-electron chi connectivity index (χ0n) is 10.2. The summed E-state index contributed by atoms with van der Waals surface area (Å²) in [6.45, 7) is 2.03. The minimum atomic E-state index is -0.0935. The zero-order valence-corrected chi connectivity index (χ0v) is 14.2. The Kier molecular flexibility index (Phi) is 5.13. The van der Waals surface area contributed by atoms with Gasteiger partial charge in [-0.1, -0.05) is 38.8 Å². The van der Waals surface area contributed by atoms with Crippen LogP contribution in [-0.4, -0.2) is 10.9 Å². The third-order valence-electron chi connectivity index (χ3n) is 2.59. The van der Waals surface area contributed by atoms with Gasteiger partial charge in [0.05, 0.1) is 6.04 Å². The minimum Gasteiger partial charge on any atom is -0.343 e. The molecule has 0 radical (unpaired) electrons. The van der Waals surface area contributed by atoms with Crippen molar-refractivity contribution in [2.75, 3.05) is 0 Å². The van der Waals surface area contributed by atoms with Crippen LogP contribution in [0.5, 0.6) is 0 Å². The van der Waals surface area contributed by atoms with Gasteiger partial charge in [-0.2, -0.15) is 0 Å². The number of nitrogens with zero attached hydrogens (tertiary/aromatic N) is 1. The van der Waals surface area contributed by atoms with Gasteiger partial charge < -0.3 is 5.32 Å². The first-order chi connectivity index (χ1) is 9.10. The summed E-state index contributed by atoms with van der Waals surface area (Å²) >= 11 is 8.32. The van der Waals surface area contributed by atoms with Gasteiger partial charge in [0.1, 0.15) is 5.01 Å². The Morgan fingerprint density at radius 1 is 1.37 bits per heavy atom. The molecule has 0 bridgehead atoms. The van der Waals surface area contributed by atoms with Gasteiger partial charge in [-0.3, -0.25) is 4.79 Å². The molecule has 2 aromatic rings. The third kappa shape index (κ3) is 3.87. The Bertz CT molecular complexity index is 552. The maximum Gasteiger partial charge on any atom is 0.251 e. The normalized spacial score (nSPS) is 12.2. The largest absolute Gasteiger partial charge is 0.343 e. The highest BCUT2D eigenvalue weighted by molar-refractivity contribution is 9.11. The number of hydrogen-bond donors (Lipinski definition) is 1. The molecule has 0 saturated heterocycles. The third-order valence-corrected chi connectivity index (χ3v) is 4.39. The number of halogens is 2. The zero-order chi connectivity index (χ0) is 13.8. The van der Waals surface area contributed by atoms with Crippen molar-refractivity contribution in [3.8, 4) is 0 Å². The first-order valence-electron chi connectivity index (χ1n) is 5.76. The van der Waals surface area contributed by atoms with Crippen LogP contribution in [0.25, 0.3) is 0 Å². The van der Waals surface area contributed by atoms with E-state index in [1.54, 1.807) is 29.7 Å². The number of carbonyl (C=O) groups is 1. The van der Waals surface area contributed by atoms with E-state index < -0.39 is 0 Å². The number of hydrogen-bond acceptors (Lipinski definition) is 3. The van der Waals surface area contributed by atoms with Gasteiger partial charge >= 0.3 is 0 Å². The molecule has 3 nitrogen and oxygen atoms in total. The average molecular weight is 404 g/mol. The number of benzene rings is 1. The fraction of sp³-hybridized carbons (Fsp3) is 0.231. The van der Waals surface area contributed by atoms with E-state index >= 15 is 0 Å². The van der Waals surface area contributed by atoms with E-state index in [1.165, 1.54) is 0 Å². The van der Waals surface area contributed by atoms with Crippen LogP contribution in [0.15, 0.2) is 38.7 Å². The summed E-state index contributed by atoms with van der Waals surface area (Å²) in [6.07, 6.45) is 2.57. The summed E-state index contributed by atoms with van der Waals surface area (Å²) in [5.74, 6) is -0.0935. The number of thiazole rings is 1. The van der Waals surface area contributed by atoms with Gasteiger partial charge in [-0.15, -0.1) is 11.3 Å². The molecule has 0 aliphatic carbocycles. The summed E-state index contributed by atoms with van der Waals surface area (Å²) in [4.78, 5) is 16.5. The molecule has 1 N–H and O–H groups in total. The molecule has 0 aliphatic rings. The summed E-state index contributed by atoms with van der Waals surface area (Å²) in [7, 11) is 0. The maximum atomic E-state index is 12.2. The molecule has 0 aliphatic heterocycles. The molecule has 1 heterocycles. The van der Waals surface area contributed by atoms with Crippen LogP contribution in [0, 0.1) is 0 Å². The van der Waals surface area contributed by atoms with E-state index in [0.29, 0.717) is 5.56 Å². The van der Waals surface area contributed by atoms with E-state index in [0.717, 1.165) is 20.4 Å². The van der Waals surface area contributed by atoms with E-state index in [-0.39, 0.29) is 11.9 Å². The SMILES string of the molecule is CCC(NC(=O)c1cc(Br)cc(Br)c1)c1nccs1. The van der Waals surface area contributed by atoms with E-state index in [2.05, 4.69) is 42.2 Å². The molecule has 1 amide bonds. The summed E-state index contributed by atoms with van der Waals surface area (Å²) < 4.78 is 1.74. The van der Waals surface area contributed by atoms with Crippen molar-refractivity contribution < 1.29 is 4.79 Å². The molecule has 19 heavy (non-hydrogen) atoms. The highest BCUT2D eigenvalue weighted by atomic mass is 79.9. The van der Waals surface area contributed by atoms with Crippen molar-refractivity contribution >= 4 is 49.1 Å². The molecule has 6 heteroatoms. The molecular formula is C13H12Br2N2OS. The predicted octanol–water partition coefficient (Wildman–Crippen LogP) is 4.55. The van der Waals surface area contributed by atoms with Gasteiger partial charge in [0.25, 0.3) is 5.91 Å². The van der Waals surface area contributed by atoms with Crippen LogP contribution in [0.3, 0.4) is 0 Å². The number of carbonyl (C=O) groups excluding carboxylic acids is 1. The van der Waals surface area contributed by atoms with Crippen molar-refractivity contribution in [3.05, 3.63) is 49.3 Å². The second-order valence-electron chi connectivity index (χ2n) is 3.96. The fourth-order valence-electron chi connectivity index (χ4n) is 1.67. The van der Waals surface area contributed by atoms with Gasteiger partial charge in [0.15, 0.2) is 0 Å². The Hall–Kier alpha value is -0.720. The van der Waals surface area contributed by atoms with E-state index in [9.17, 15) is 4.79 Å². The molecular weight excluding hydrogens is 392 g/mol. The van der Waals surface area contributed by atoms with Crippen molar-refractivity contribution in [2.24, 2.45) is 0 Å². The molecule has 0 saturated carbocycles. The molecule has 1 aromatic heterocycles. The van der Waals surface area contributed by atoms with Crippen LogP contribution in [0.1, 0.15) is 34.8 Å². The first kappa shape index (κ1) is 14.7. The number of aromatic nitrogens is 1. The topological polar surface area (TPSA) is 42.0 Å². The highest BCUT2D eigenvalue weighted by Crippen LogP contribution is 2.22. The van der Waals surface area contributed by atoms with Gasteiger partial charge in [0, 0.05) is 26.1 Å². The Labute approximate surface area is 132 Å². The molecule has 1 unspecified atom stereocenters. The first-order valence-corrected chi connectivity index (χ1v) is 8.23. The fourth-order valence-corrected chi connectivity index (χ4v) is 3.74. The van der Waals surface area contributed by atoms with Crippen LogP contribution in [-0.2, 0) is 0 Å². The van der Waals surface area contributed by atoms with E-state index in [1.807, 2.05) is 18.4 Å². The molecule has 100 valence electrons. The second-order valence-corrected chi connectivity index (χ2v) is 6.72. The summed E-state index contributed by atoms with van der Waals surface area (Å²) in [5.41, 5.74) is 0.622. The number of rotatable bonds is 4. The van der Waals surface area contributed by atoms with Crippen molar-refractivity contribution in [1.29, 1.82) is 0 Å². The van der Waals surface area contributed by atoms with Crippen LogP contribution in [0.2, 0.25) is 0 Å². The lowest BCUT2D eigenvalue weighted by Crippen LogP contribution is -2.28. The molecule has 0 spiro atoms. The number of amides is 1. The monoisotopic (exact) mass is 402 g/mol.